The second-order valence-corrected chi connectivity index (χ2v) is 3.79. The molecule has 0 saturated heterocycles. The smallest absolute Gasteiger partial charge is 0.269 e. The number of ether oxygens (including phenoxy) is 1. The van der Waals surface area contributed by atoms with Crippen LogP contribution in [0.15, 0.2) is 42.5 Å². The third kappa shape index (κ3) is 3.25. The molecule has 0 amide bonds. The van der Waals surface area contributed by atoms with Crippen molar-refractivity contribution >= 4 is 5.69 Å². The Labute approximate surface area is 107 Å². The summed E-state index contributed by atoms with van der Waals surface area (Å²) < 4.78 is 31.0. The fraction of sp³-hybridized carbons (Fsp3) is 0.0769. The third-order valence-electron chi connectivity index (χ3n) is 2.44. The van der Waals surface area contributed by atoms with E-state index in [9.17, 15) is 18.9 Å². The normalized spacial score (nSPS) is 10.2. The lowest BCUT2D eigenvalue weighted by Crippen LogP contribution is -1.97. The van der Waals surface area contributed by atoms with Gasteiger partial charge in [0.05, 0.1) is 4.92 Å². The molecule has 0 aliphatic carbocycles. The van der Waals surface area contributed by atoms with Gasteiger partial charge in [-0.25, -0.2) is 8.78 Å². The molecular formula is C13H9F2NO3. The maximum atomic E-state index is 12.9. The predicted molar refractivity (Wildman–Crippen MR) is 63.8 cm³/mol. The van der Waals surface area contributed by atoms with E-state index in [0.29, 0.717) is 11.3 Å². The summed E-state index contributed by atoms with van der Waals surface area (Å²) in [7, 11) is 0. The number of benzene rings is 2. The van der Waals surface area contributed by atoms with Gasteiger partial charge in [-0.15, -0.1) is 0 Å². The molecule has 0 aliphatic heterocycles. The molecule has 0 unspecified atom stereocenters. The molecule has 0 N–H and O–H groups in total. The first-order valence-corrected chi connectivity index (χ1v) is 5.37. The van der Waals surface area contributed by atoms with Crippen molar-refractivity contribution in [3.05, 3.63) is 69.8 Å². The molecule has 6 heteroatoms. The molecule has 0 aromatic heterocycles. The Morgan fingerprint density at radius 1 is 1.05 bits per heavy atom. The van der Waals surface area contributed by atoms with Crippen LogP contribution in [0.3, 0.4) is 0 Å². The van der Waals surface area contributed by atoms with Gasteiger partial charge in [0.15, 0.2) is 11.6 Å². The van der Waals surface area contributed by atoms with Crippen LogP contribution in [-0.2, 0) is 6.61 Å². The fourth-order valence-electron chi connectivity index (χ4n) is 1.46. The van der Waals surface area contributed by atoms with Crippen molar-refractivity contribution < 1.29 is 18.4 Å². The van der Waals surface area contributed by atoms with Crippen molar-refractivity contribution in [1.82, 2.24) is 0 Å². The molecule has 2 rings (SSSR count). The number of nitrogens with zero attached hydrogens (tertiary/aromatic N) is 1. The molecule has 0 fully saturated rings. The van der Waals surface area contributed by atoms with Gasteiger partial charge in [-0.2, -0.15) is 0 Å². The second-order valence-electron chi connectivity index (χ2n) is 3.79. The zero-order valence-corrected chi connectivity index (χ0v) is 9.68. The summed E-state index contributed by atoms with van der Waals surface area (Å²) in [4.78, 5) is 9.93. The van der Waals surface area contributed by atoms with Crippen LogP contribution in [0, 0.1) is 21.7 Å². The minimum absolute atomic E-state index is 0.0415. The van der Waals surface area contributed by atoms with Gasteiger partial charge in [-0.05, 0) is 29.8 Å². The first kappa shape index (κ1) is 12.9. The maximum Gasteiger partial charge on any atom is 0.269 e. The van der Waals surface area contributed by atoms with Crippen LogP contribution in [0.1, 0.15) is 5.56 Å². The molecule has 0 radical (unpaired) electrons. The summed E-state index contributed by atoms with van der Waals surface area (Å²) in [6.45, 7) is 0.0506. The van der Waals surface area contributed by atoms with Gasteiger partial charge in [0.2, 0.25) is 0 Å². The maximum absolute atomic E-state index is 12.9. The van der Waals surface area contributed by atoms with Crippen LogP contribution < -0.4 is 4.74 Å². The van der Waals surface area contributed by atoms with Gasteiger partial charge in [-0.1, -0.05) is 6.07 Å². The first-order valence-electron chi connectivity index (χ1n) is 5.37. The van der Waals surface area contributed by atoms with E-state index in [0.717, 1.165) is 12.1 Å². The Hall–Kier alpha value is -2.50. The first-order chi connectivity index (χ1) is 9.06. The van der Waals surface area contributed by atoms with Crippen LogP contribution >= 0.6 is 0 Å². The van der Waals surface area contributed by atoms with Crippen LogP contribution in [0.5, 0.6) is 5.75 Å². The summed E-state index contributed by atoms with van der Waals surface area (Å²) >= 11 is 0. The average molecular weight is 265 g/mol. The van der Waals surface area contributed by atoms with E-state index in [4.69, 9.17) is 4.74 Å². The lowest BCUT2D eigenvalue weighted by atomic mass is 10.2. The molecule has 0 saturated carbocycles. The van der Waals surface area contributed by atoms with Crippen molar-refractivity contribution in [2.75, 3.05) is 0 Å². The van der Waals surface area contributed by atoms with Crippen molar-refractivity contribution in [2.24, 2.45) is 0 Å². The minimum Gasteiger partial charge on any atom is -0.489 e. The zero-order valence-electron chi connectivity index (χ0n) is 9.68. The van der Waals surface area contributed by atoms with E-state index < -0.39 is 16.6 Å². The van der Waals surface area contributed by atoms with Crippen molar-refractivity contribution in [2.45, 2.75) is 6.61 Å². The summed E-state index contributed by atoms with van der Waals surface area (Å²) in [6, 6.07) is 8.96. The fourth-order valence-corrected chi connectivity index (χ4v) is 1.46. The van der Waals surface area contributed by atoms with E-state index in [1.165, 1.54) is 30.3 Å². The highest BCUT2D eigenvalue weighted by atomic mass is 19.2. The topological polar surface area (TPSA) is 52.4 Å². The van der Waals surface area contributed by atoms with E-state index >= 15 is 0 Å². The summed E-state index contributed by atoms with van der Waals surface area (Å²) in [5.74, 6) is -1.45. The molecule has 98 valence electrons. The Balaban J connectivity index is 2.01. The molecule has 2 aromatic carbocycles. The van der Waals surface area contributed by atoms with Crippen LogP contribution in [0.25, 0.3) is 0 Å². The number of halogens is 2. The monoisotopic (exact) mass is 265 g/mol. The van der Waals surface area contributed by atoms with E-state index in [1.54, 1.807) is 0 Å². The van der Waals surface area contributed by atoms with Crippen LogP contribution in [0.4, 0.5) is 14.5 Å². The highest BCUT2D eigenvalue weighted by molar-refractivity contribution is 5.36. The van der Waals surface area contributed by atoms with Gasteiger partial charge in [0, 0.05) is 12.1 Å². The van der Waals surface area contributed by atoms with E-state index in [1.807, 2.05) is 0 Å². The predicted octanol–water partition coefficient (Wildman–Crippen LogP) is 3.45. The molecule has 0 bridgehead atoms. The molecule has 0 atom stereocenters. The van der Waals surface area contributed by atoms with Gasteiger partial charge >= 0.3 is 0 Å². The summed E-state index contributed by atoms with van der Waals surface area (Å²) in [5, 5.41) is 10.4. The van der Waals surface area contributed by atoms with Crippen molar-refractivity contribution in [3.63, 3.8) is 0 Å². The third-order valence-corrected chi connectivity index (χ3v) is 2.44. The van der Waals surface area contributed by atoms with Crippen molar-refractivity contribution in [1.29, 1.82) is 0 Å². The van der Waals surface area contributed by atoms with Gasteiger partial charge in [-0.3, -0.25) is 10.1 Å². The Morgan fingerprint density at radius 3 is 2.32 bits per heavy atom. The number of nitro groups is 1. The Kier molecular flexibility index (Phi) is 3.70. The number of non-ortho nitro benzene ring substituents is 1. The average Bonchev–Trinajstić information content (AvgIpc) is 2.40. The van der Waals surface area contributed by atoms with E-state index in [-0.39, 0.29) is 12.3 Å². The lowest BCUT2D eigenvalue weighted by molar-refractivity contribution is -0.384. The summed E-state index contributed by atoms with van der Waals surface area (Å²) in [5.41, 5.74) is 0.428. The number of rotatable bonds is 4. The Morgan fingerprint density at radius 2 is 1.74 bits per heavy atom. The highest BCUT2D eigenvalue weighted by Crippen LogP contribution is 2.18. The van der Waals surface area contributed by atoms with Crippen molar-refractivity contribution in [3.8, 4) is 5.75 Å². The van der Waals surface area contributed by atoms with Gasteiger partial charge < -0.3 is 4.74 Å². The molecule has 0 aliphatic rings. The highest BCUT2D eigenvalue weighted by Gasteiger charge is 2.06. The largest absolute Gasteiger partial charge is 0.489 e. The molecule has 4 nitrogen and oxygen atoms in total. The molecule has 2 aromatic rings. The number of nitro benzene ring substituents is 1. The van der Waals surface area contributed by atoms with E-state index in [2.05, 4.69) is 0 Å². The standard InChI is InChI=1S/C13H9F2NO3/c14-12-6-1-9(7-13(12)15)8-19-11-4-2-10(3-5-11)16(17)18/h1-7H,8H2. The summed E-state index contributed by atoms with van der Waals surface area (Å²) in [6.07, 6.45) is 0. The molecule has 0 heterocycles. The molecule has 19 heavy (non-hydrogen) atoms. The van der Waals surface area contributed by atoms with Gasteiger partial charge in [0.25, 0.3) is 5.69 Å². The van der Waals surface area contributed by atoms with Crippen LogP contribution in [-0.4, -0.2) is 4.92 Å². The lowest BCUT2D eigenvalue weighted by Gasteiger charge is -2.06. The number of hydrogen-bond acceptors (Lipinski definition) is 3. The second kappa shape index (κ2) is 5.43. The quantitative estimate of drug-likeness (QED) is 0.628. The minimum atomic E-state index is -0.940. The number of hydrogen-bond donors (Lipinski definition) is 0. The van der Waals surface area contributed by atoms with Crippen LogP contribution in [0.2, 0.25) is 0 Å². The van der Waals surface area contributed by atoms with Gasteiger partial charge in [0.1, 0.15) is 12.4 Å². The SMILES string of the molecule is O=[N+]([O-])c1ccc(OCc2ccc(F)c(F)c2)cc1. The molecular weight excluding hydrogens is 256 g/mol. The zero-order chi connectivity index (χ0) is 13.8. The molecule has 0 spiro atoms. The Bertz CT molecular complexity index is 599.